The van der Waals surface area contributed by atoms with Gasteiger partial charge in [-0.05, 0) is 58.3 Å². The van der Waals surface area contributed by atoms with Gasteiger partial charge in [0.15, 0.2) is 0 Å². The molecule has 1 saturated heterocycles. The molecule has 0 bridgehead atoms. The van der Waals surface area contributed by atoms with Crippen molar-refractivity contribution in [1.82, 2.24) is 9.80 Å². The van der Waals surface area contributed by atoms with Gasteiger partial charge in [-0.2, -0.15) is 0 Å². The van der Waals surface area contributed by atoms with Gasteiger partial charge in [-0.25, -0.2) is 0 Å². The Morgan fingerprint density at radius 2 is 1.95 bits per heavy atom. The van der Waals surface area contributed by atoms with Gasteiger partial charge in [0.2, 0.25) is 0 Å². The van der Waals surface area contributed by atoms with Crippen molar-refractivity contribution < 1.29 is 9.53 Å². The monoisotopic (exact) mass is 283 g/mol. The van der Waals surface area contributed by atoms with Crippen molar-refractivity contribution in [3.8, 4) is 0 Å². The number of rotatable bonds is 6. The van der Waals surface area contributed by atoms with Crippen LogP contribution in [0.25, 0.3) is 0 Å². The number of nitrogens with two attached hydrogens (primary N) is 1. The molecule has 2 aliphatic rings. The summed E-state index contributed by atoms with van der Waals surface area (Å²) in [5.74, 6) is 0.0472. The maximum absolute atomic E-state index is 12.0. The molecular formula is C15H29N3O2. The Balaban J connectivity index is 1.92. The van der Waals surface area contributed by atoms with Gasteiger partial charge < -0.3 is 20.3 Å². The molecular weight excluding hydrogens is 254 g/mol. The molecule has 20 heavy (non-hydrogen) atoms. The van der Waals surface area contributed by atoms with Gasteiger partial charge in [0, 0.05) is 12.6 Å². The average molecular weight is 283 g/mol. The van der Waals surface area contributed by atoms with E-state index < -0.39 is 5.54 Å². The molecule has 0 radical (unpaired) electrons. The van der Waals surface area contributed by atoms with Crippen LogP contribution in [-0.2, 0) is 9.53 Å². The quantitative estimate of drug-likeness (QED) is 0.727. The number of likely N-dealkylation sites (N-methyl/N-ethyl adjacent to an activating group) is 1. The largest absolute Gasteiger partial charge is 0.468 e. The predicted molar refractivity (Wildman–Crippen MR) is 79.4 cm³/mol. The van der Waals surface area contributed by atoms with Crippen LogP contribution < -0.4 is 5.73 Å². The highest BCUT2D eigenvalue weighted by molar-refractivity contribution is 5.81. The summed E-state index contributed by atoms with van der Waals surface area (Å²) in [5, 5.41) is 0. The molecule has 2 N–H and O–H groups in total. The Kier molecular flexibility index (Phi) is 5.04. The summed E-state index contributed by atoms with van der Waals surface area (Å²) in [7, 11) is 3.53. The lowest BCUT2D eigenvalue weighted by Gasteiger charge is -2.39. The van der Waals surface area contributed by atoms with Crippen LogP contribution in [0.15, 0.2) is 0 Å². The van der Waals surface area contributed by atoms with Gasteiger partial charge in [0.05, 0.1) is 7.11 Å². The summed E-state index contributed by atoms with van der Waals surface area (Å²) in [4.78, 5) is 16.8. The van der Waals surface area contributed by atoms with Crippen LogP contribution in [0.1, 0.15) is 32.6 Å². The fourth-order valence-corrected chi connectivity index (χ4v) is 3.37. The molecule has 5 nitrogen and oxygen atoms in total. The first-order chi connectivity index (χ1) is 9.51. The second kappa shape index (κ2) is 6.41. The minimum atomic E-state index is -0.814. The van der Waals surface area contributed by atoms with Crippen molar-refractivity contribution in [3.05, 3.63) is 0 Å². The molecule has 1 unspecified atom stereocenters. The van der Waals surface area contributed by atoms with E-state index in [-0.39, 0.29) is 5.97 Å². The first-order valence-corrected chi connectivity index (χ1v) is 7.81. The van der Waals surface area contributed by atoms with E-state index in [4.69, 9.17) is 10.5 Å². The van der Waals surface area contributed by atoms with E-state index >= 15 is 0 Å². The van der Waals surface area contributed by atoms with E-state index in [2.05, 4.69) is 23.8 Å². The number of carbonyl (C=O) groups is 1. The van der Waals surface area contributed by atoms with Gasteiger partial charge in [-0.3, -0.25) is 4.79 Å². The number of likely N-dealkylation sites (tertiary alicyclic amines) is 1. The van der Waals surface area contributed by atoms with Crippen molar-refractivity contribution in [2.75, 3.05) is 40.3 Å². The van der Waals surface area contributed by atoms with Crippen LogP contribution in [-0.4, -0.2) is 67.7 Å². The molecule has 5 heteroatoms. The van der Waals surface area contributed by atoms with E-state index in [1.54, 1.807) is 0 Å². The molecule has 116 valence electrons. The summed E-state index contributed by atoms with van der Waals surface area (Å²) in [6.07, 6.45) is 4.42. The van der Waals surface area contributed by atoms with Gasteiger partial charge >= 0.3 is 5.97 Å². The molecule has 0 aromatic heterocycles. The van der Waals surface area contributed by atoms with Gasteiger partial charge in [-0.1, -0.05) is 6.92 Å². The van der Waals surface area contributed by atoms with Gasteiger partial charge in [0.1, 0.15) is 5.54 Å². The maximum Gasteiger partial charge on any atom is 0.327 e. The molecule has 0 aromatic rings. The lowest BCUT2D eigenvalue weighted by molar-refractivity contribution is -0.149. The summed E-state index contributed by atoms with van der Waals surface area (Å²) < 4.78 is 4.94. The SMILES string of the molecule is CCN1CCC(N(C)CC(N)(C(=O)OC)C2CC2)CC1. The number of ether oxygens (including phenoxy) is 1. The van der Waals surface area contributed by atoms with Gasteiger partial charge in [-0.15, -0.1) is 0 Å². The predicted octanol–water partition coefficient (Wildman–Crippen LogP) is 0.683. The average Bonchev–Trinajstić information content (AvgIpc) is 3.31. The molecule has 1 aliphatic carbocycles. The Hall–Kier alpha value is -0.650. The summed E-state index contributed by atoms with van der Waals surface area (Å²) in [6, 6.07) is 0.532. The van der Waals surface area contributed by atoms with Crippen LogP contribution in [0.2, 0.25) is 0 Å². The normalized spacial score (nSPS) is 24.6. The third kappa shape index (κ3) is 3.32. The number of piperidine rings is 1. The van der Waals surface area contributed by atoms with Crippen LogP contribution in [0, 0.1) is 5.92 Å². The number of carbonyl (C=O) groups excluding carboxylic acids is 1. The molecule has 0 amide bonds. The molecule has 2 fully saturated rings. The van der Waals surface area contributed by atoms with E-state index in [0.29, 0.717) is 18.5 Å². The molecule has 2 rings (SSSR count). The number of methoxy groups -OCH3 is 1. The van der Waals surface area contributed by atoms with Crippen molar-refractivity contribution in [1.29, 1.82) is 0 Å². The molecule has 1 atom stereocenters. The van der Waals surface area contributed by atoms with Crippen molar-refractivity contribution in [2.24, 2.45) is 11.7 Å². The Morgan fingerprint density at radius 3 is 2.40 bits per heavy atom. The fraction of sp³-hybridized carbons (Fsp3) is 0.933. The first-order valence-electron chi connectivity index (χ1n) is 7.81. The van der Waals surface area contributed by atoms with Crippen LogP contribution in [0.5, 0.6) is 0 Å². The zero-order valence-corrected chi connectivity index (χ0v) is 13.1. The Morgan fingerprint density at radius 1 is 1.35 bits per heavy atom. The Labute approximate surface area is 122 Å². The number of hydrogen-bond donors (Lipinski definition) is 1. The molecule has 0 spiro atoms. The molecule has 0 aromatic carbocycles. The Bertz CT molecular complexity index is 338. The van der Waals surface area contributed by atoms with Crippen LogP contribution in [0.3, 0.4) is 0 Å². The van der Waals surface area contributed by atoms with E-state index in [1.807, 2.05) is 0 Å². The van der Waals surface area contributed by atoms with Gasteiger partial charge in [0.25, 0.3) is 0 Å². The summed E-state index contributed by atoms with van der Waals surface area (Å²) in [6.45, 7) is 6.23. The zero-order chi connectivity index (χ0) is 14.8. The minimum absolute atomic E-state index is 0.252. The van der Waals surface area contributed by atoms with Crippen molar-refractivity contribution >= 4 is 5.97 Å². The lowest BCUT2D eigenvalue weighted by atomic mass is 9.92. The zero-order valence-electron chi connectivity index (χ0n) is 13.1. The number of hydrogen-bond acceptors (Lipinski definition) is 5. The minimum Gasteiger partial charge on any atom is -0.468 e. The first kappa shape index (κ1) is 15.7. The van der Waals surface area contributed by atoms with E-state index in [1.165, 1.54) is 7.11 Å². The topological polar surface area (TPSA) is 58.8 Å². The molecule has 1 heterocycles. The summed E-state index contributed by atoms with van der Waals surface area (Å²) >= 11 is 0. The van der Waals surface area contributed by atoms with E-state index in [9.17, 15) is 4.79 Å². The molecule has 1 aliphatic heterocycles. The highest BCUT2D eigenvalue weighted by Gasteiger charge is 2.50. The van der Waals surface area contributed by atoms with Crippen LogP contribution >= 0.6 is 0 Å². The third-order valence-electron chi connectivity index (χ3n) is 5.01. The second-order valence-corrected chi connectivity index (χ2v) is 6.39. The fourth-order valence-electron chi connectivity index (χ4n) is 3.37. The number of nitrogens with zero attached hydrogens (tertiary/aromatic N) is 2. The second-order valence-electron chi connectivity index (χ2n) is 6.39. The van der Waals surface area contributed by atoms with Crippen molar-refractivity contribution in [3.63, 3.8) is 0 Å². The lowest BCUT2D eigenvalue weighted by Crippen LogP contribution is -2.60. The number of esters is 1. The van der Waals surface area contributed by atoms with E-state index in [0.717, 1.165) is 45.3 Å². The molecule has 1 saturated carbocycles. The summed E-state index contributed by atoms with van der Waals surface area (Å²) in [5.41, 5.74) is 5.58. The highest BCUT2D eigenvalue weighted by atomic mass is 16.5. The third-order valence-corrected chi connectivity index (χ3v) is 5.01. The van der Waals surface area contributed by atoms with Crippen LogP contribution in [0.4, 0.5) is 0 Å². The highest BCUT2D eigenvalue weighted by Crippen LogP contribution is 2.39. The van der Waals surface area contributed by atoms with Crippen molar-refractivity contribution in [2.45, 2.75) is 44.2 Å². The standard InChI is InChI=1S/C15H29N3O2/c1-4-18-9-7-13(8-10-18)17(2)11-15(16,12-5-6-12)14(19)20-3/h12-13H,4-11,16H2,1-3H3. The maximum atomic E-state index is 12.0. The smallest absolute Gasteiger partial charge is 0.327 e.